The number of fused-ring (bicyclic) bond motifs is 2. The van der Waals surface area contributed by atoms with E-state index in [2.05, 4.69) is 46.0 Å². The summed E-state index contributed by atoms with van der Waals surface area (Å²) in [5.74, 6) is 0.296. The molecule has 5 N–H and O–H groups in total. The second kappa shape index (κ2) is 9.74. The van der Waals surface area contributed by atoms with E-state index in [-0.39, 0.29) is 28.5 Å². The van der Waals surface area contributed by atoms with E-state index < -0.39 is 5.82 Å². The highest BCUT2D eigenvalue weighted by atomic mass is 19.1. The maximum atomic E-state index is 14.9. The van der Waals surface area contributed by atoms with Gasteiger partial charge in [0.1, 0.15) is 28.2 Å². The summed E-state index contributed by atoms with van der Waals surface area (Å²) in [6, 6.07) is 4.57. The molecule has 0 unspecified atom stereocenters. The molecule has 186 valence electrons. The fourth-order valence-corrected chi connectivity index (χ4v) is 4.09. The van der Waals surface area contributed by atoms with Crippen molar-refractivity contribution >= 4 is 33.4 Å². The van der Waals surface area contributed by atoms with E-state index in [0.29, 0.717) is 46.8 Å². The first-order valence-corrected chi connectivity index (χ1v) is 11.7. The lowest BCUT2D eigenvalue weighted by molar-refractivity contribution is 0.637. The molecule has 4 heterocycles. The average Bonchev–Trinajstić information content (AvgIpc) is 3.49. The molecule has 0 aliphatic rings. The second-order valence-corrected chi connectivity index (χ2v) is 8.39. The van der Waals surface area contributed by atoms with Gasteiger partial charge in [-0.25, -0.2) is 19.3 Å². The van der Waals surface area contributed by atoms with Gasteiger partial charge in [-0.15, -0.1) is 0 Å². The third-order valence-electron chi connectivity index (χ3n) is 5.86. The monoisotopic (exact) mass is 490 g/mol. The Balaban J connectivity index is 1.65. The van der Waals surface area contributed by atoms with Crippen molar-refractivity contribution in [2.45, 2.75) is 26.4 Å². The zero-order valence-electron chi connectivity index (χ0n) is 20.2. The number of hydrogen-bond acceptors (Lipinski definition) is 8. The van der Waals surface area contributed by atoms with Crippen LogP contribution in [0.5, 0.6) is 0 Å². The number of nitrogens with zero attached hydrogens (tertiary/aromatic N) is 5. The van der Waals surface area contributed by atoms with E-state index in [0.717, 1.165) is 6.54 Å². The van der Waals surface area contributed by atoms with Gasteiger partial charge in [0.15, 0.2) is 5.82 Å². The molecule has 0 aliphatic carbocycles. The summed E-state index contributed by atoms with van der Waals surface area (Å²) in [5, 5.41) is 14.2. The highest BCUT2D eigenvalue weighted by Crippen LogP contribution is 2.33. The number of nitrogens with one attached hydrogen (secondary N) is 5. The van der Waals surface area contributed by atoms with Gasteiger partial charge < -0.3 is 25.9 Å². The van der Waals surface area contributed by atoms with E-state index in [9.17, 15) is 9.18 Å². The van der Waals surface area contributed by atoms with Crippen molar-refractivity contribution in [1.82, 2.24) is 40.0 Å². The summed E-state index contributed by atoms with van der Waals surface area (Å²) in [6.07, 6.45) is 5.09. The van der Waals surface area contributed by atoms with Crippen LogP contribution in [-0.2, 0) is 6.54 Å². The summed E-state index contributed by atoms with van der Waals surface area (Å²) in [7, 11) is 1.85. The molecular weight excluding hydrogens is 463 g/mol. The van der Waals surface area contributed by atoms with Crippen molar-refractivity contribution in [3.8, 4) is 11.4 Å². The van der Waals surface area contributed by atoms with Gasteiger partial charge in [-0.1, -0.05) is 0 Å². The van der Waals surface area contributed by atoms with Crippen molar-refractivity contribution in [1.29, 1.82) is 0 Å². The molecule has 0 aliphatic heterocycles. The molecular formula is C24H27FN10O. The number of pyridine rings is 1. The van der Waals surface area contributed by atoms with Crippen LogP contribution in [0.25, 0.3) is 33.5 Å². The summed E-state index contributed by atoms with van der Waals surface area (Å²) < 4.78 is 16.7. The number of benzene rings is 1. The number of likely N-dealkylation sites (N-methyl/N-ethyl adjacent to an activating group) is 1. The van der Waals surface area contributed by atoms with Crippen LogP contribution >= 0.6 is 0 Å². The van der Waals surface area contributed by atoms with E-state index in [1.165, 1.54) is 6.07 Å². The Morgan fingerprint density at radius 2 is 1.92 bits per heavy atom. The zero-order valence-corrected chi connectivity index (χ0v) is 20.2. The first-order valence-electron chi connectivity index (χ1n) is 11.7. The predicted octanol–water partition coefficient (Wildman–Crippen LogP) is 3.02. The van der Waals surface area contributed by atoms with Crippen molar-refractivity contribution < 1.29 is 4.39 Å². The van der Waals surface area contributed by atoms with Crippen LogP contribution in [0.15, 0.2) is 41.6 Å². The number of halogens is 1. The van der Waals surface area contributed by atoms with Gasteiger partial charge in [-0.3, -0.25) is 9.48 Å². The second-order valence-electron chi connectivity index (χ2n) is 8.39. The number of anilines is 2. The maximum Gasteiger partial charge on any atom is 0.261 e. The molecule has 0 fully saturated rings. The van der Waals surface area contributed by atoms with E-state index in [4.69, 9.17) is 0 Å². The Morgan fingerprint density at radius 3 is 2.67 bits per heavy atom. The van der Waals surface area contributed by atoms with Crippen LogP contribution in [0.4, 0.5) is 15.8 Å². The molecule has 0 spiro atoms. The molecule has 0 saturated heterocycles. The highest BCUT2D eigenvalue weighted by molar-refractivity contribution is 5.96. The number of imidazole rings is 1. The van der Waals surface area contributed by atoms with Gasteiger partial charge in [-0.05, 0) is 39.1 Å². The Morgan fingerprint density at radius 1 is 1.11 bits per heavy atom. The minimum absolute atomic E-state index is 0.146. The Kier molecular flexibility index (Phi) is 6.34. The normalized spacial score (nSPS) is 12.3. The minimum Gasteiger partial charge on any atom is -0.384 e. The Labute approximate surface area is 205 Å². The number of aryl methyl sites for hydroxylation is 1. The third kappa shape index (κ3) is 4.38. The molecule has 0 radical (unpaired) electrons. The number of aromatic nitrogens is 7. The first-order chi connectivity index (χ1) is 17.5. The third-order valence-corrected chi connectivity index (χ3v) is 5.86. The SMILES string of the molecule is CCn1cc2[nH]c(=O)c(-c3nc4c(F)cc(NCCNC)cc4[nH]3)c(N[C@@H](C)c3ncccn3)c2n1. The predicted molar refractivity (Wildman–Crippen MR) is 138 cm³/mol. The molecule has 4 aromatic heterocycles. The van der Waals surface area contributed by atoms with Crippen molar-refractivity contribution in [2.24, 2.45) is 0 Å². The van der Waals surface area contributed by atoms with E-state index in [1.54, 1.807) is 35.4 Å². The largest absolute Gasteiger partial charge is 0.384 e. The lowest BCUT2D eigenvalue weighted by Crippen LogP contribution is -2.17. The molecule has 1 aromatic carbocycles. The van der Waals surface area contributed by atoms with Crippen LogP contribution in [0.1, 0.15) is 25.7 Å². The zero-order chi connectivity index (χ0) is 25.2. The summed E-state index contributed by atoms with van der Waals surface area (Å²) in [5.41, 5.74) is 2.68. The van der Waals surface area contributed by atoms with Gasteiger partial charge in [0.25, 0.3) is 5.56 Å². The standard InChI is InChI=1S/C24H27FN10O/c1-4-35-12-17-20(34-35)21(30-13(2)22-28-6-5-7-29-22)18(24(36)32-17)23-31-16-11-14(27-9-8-26-3)10-15(25)19(16)33-23/h5-7,10-13,26-27,30H,4,8-9H2,1-3H3,(H,31,33)(H,32,36)/t13-/m0/s1. The molecule has 0 saturated carbocycles. The smallest absolute Gasteiger partial charge is 0.261 e. The van der Waals surface area contributed by atoms with Crippen LogP contribution in [0.3, 0.4) is 0 Å². The molecule has 36 heavy (non-hydrogen) atoms. The van der Waals surface area contributed by atoms with Gasteiger partial charge in [-0.2, -0.15) is 5.10 Å². The van der Waals surface area contributed by atoms with Gasteiger partial charge in [0.2, 0.25) is 0 Å². The van der Waals surface area contributed by atoms with Gasteiger partial charge >= 0.3 is 0 Å². The van der Waals surface area contributed by atoms with Crippen molar-refractivity contribution in [3.63, 3.8) is 0 Å². The summed E-state index contributed by atoms with van der Waals surface area (Å²) in [4.78, 5) is 32.4. The van der Waals surface area contributed by atoms with Crippen molar-refractivity contribution in [2.75, 3.05) is 30.8 Å². The van der Waals surface area contributed by atoms with Crippen LogP contribution in [0.2, 0.25) is 0 Å². The van der Waals surface area contributed by atoms with Gasteiger partial charge in [0.05, 0.1) is 22.8 Å². The minimum atomic E-state index is -0.490. The van der Waals surface area contributed by atoms with Crippen LogP contribution < -0.4 is 21.5 Å². The quantitative estimate of drug-likeness (QED) is 0.199. The average molecular weight is 491 g/mol. The molecule has 5 rings (SSSR count). The molecule has 0 bridgehead atoms. The number of rotatable bonds is 9. The number of H-pyrrole nitrogens is 2. The molecule has 0 amide bonds. The molecule has 1 atom stereocenters. The van der Waals surface area contributed by atoms with E-state index in [1.807, 2.05) is 20.9 Å². The lowest BCUT2D eigenvalue weighted by Gasteiger charge is -2.16. The molecule has 12 heteroatoms. The summed E-state index contributed by atoms with van der Waals surface area (Å²) in [6.45, 7) is 5.84. The molecule has 5 aromatic rings. The first kappa shape index (κ1) is 23.4. The van der Waals surface area contributed by atoms with Crippen LogP contribution in [0, 0.1) is 5.82 Å². The lowest BCUT2D eigenvalue weighted by atomic mass is 10.1. The number of hydrogen-bond donors (Lipinski definition) is 5. The Hall–Kier alpha value is -4.32. The van der Waals surface area contributed by atoms with Crippen LogP contribution in [-0.4, -0.2) is 54.8 Å². The topological polar surface area (TPSA) is 141 Å². The Bertz CT molecular complexity index is 1570. The fraction of sp³-hybridized carbons (Fsp3) is 0.292. The van der Waals surface area contributed by atoms with Gasteiger partial charge in [0, 0.05) is 43.9 Å². The highest BCUT2D eigenvalue weighted by Gasteiger charge is 2.23. The van der Waals surface area contributed by atoms with Crippen molar-refractivity contribution in [3.05, 3.63) is 58.8 Å². The maximum absolute atomic E-state index is 14.9. The fourth-order valence-electron chi connectivity index (χ4n) is 4.09. The summed E-state index contributed by atoms with van der Waals surface area (Å²) >= 11 is 0. The molecule has 11 nitrogen and oxygen atoms in total. The number of aromatic amines is 2. The van der Waals surface area contributed by atoms with E-state index >= 15 is 0 Å².